The number of ether oxygens (including phenoxy) is 1. The molecule has 0 N–H and O–H groups in total. The second kappa shape index (κ2) is 9.03. The molecule has 32 heavy (non-hydrogen) atoms. The molecule has 0 radical (unpaired) electrons. The topological polar surface area (TPSA) is 56.5 Å². The summed E-state index contributed by atoms with van der Waals surface area (Å²) in [5.74, 6) is -0.124. The van der Waals surface area contributed by atoms with Gasteiger partial charge in [-0.3, -0.25) is 9.59 Å². The van der Waals surface area contributed by atoms with Gasteiger partial charge in [0.25, 0.3) is 0 Å². The van der Waals surface area contributed by atoms with Crippen LogP contribution in [0.3, 0.4) is 0 Å². The van der Waals surface area contributed by atoms with Crippen molar-refractivity contribution in [1.82, 2.24) is 0 Å². The fraction of sp³-hybridized carbons (Fsp3) is 0.0769. The van der Waals surface area contributed by atoms with Gasteiger partial charge in [-0.2, -0.15) is 0 Å². The molecule has 0 aliphatic rings. The zero-order valence-electron chi connectivity index (χ0n) is 17.2. The monoisotopic (exact) mass is 464 g/mol. The summed E-state index contributed by atoms with van der Waals surface area (Å²) in [6, 6.07) is 15.2. The van der Waals surface area contributed by atoms with Gasteiger partial charge in [0.15, 0.2) is 11.4 Å². The Morgan fingerprint density at radius 3 is 2.47 bits per heavy atom. The van der Waals surface area contributed by atoms with Gasteiger partial charge in [-0.25, -0.2) is 0 Å². The summed E-state index contributed by atoms with van der Waals surface area (Å²) >= 11 is 12.4. The van der Waals surface area contributed by atoms with E-state index in [1.807, 2.05) is 6.92 Å². The van der Waals surface area contributed by atoms with Gasteiger partial charge >= 0.3 is 0 Å². The average molecular weight is 465 g/mol. The van der Waals surface area contributed by atoms with Crippen LogP contribution in [0.5, 0.6) is 5.75 Å². The number of allylic oxidation sites excluding steroid dienone is 1. The second-order valence-electron chi connectivity index (χ2n) is 7.32. The van der Waals surface area contributed by atoms with E-state index in [2.05, 4.69) is 6.58 Å². The summed E-state index contributed by atoms with van der Waals surface area (Å²) in [5.41, 5.74) is 1.76. The maximum Gasteiger partial charge on any atom is 0.200 e. The summed E-state index contributed by atoms with van der Waals surface area (Å²) in [4.78, 5) is 26.4. The van der Waals surface area contributed by atoms with E-state index in [1.165, 1.54) is 12.2 Å². The van der Waals surface area contributed by atoms with Crippen LogP contribution >= 0.6 is 23.2 Å². The van der Waals surface area contributed by atoms with Crippen molar-refractivity contribution in [2.24, 2.45) is 0 Å². The number of carbonyl (C=O) groups excluding carboxylic acids is 1. The minimum atomic E-state index is -0.415. The highest BCUT2D eigenvalue weighted by Crippen LogP contribution is 2.31. The van der Waals surface area contributed by atoms with E-state index in [9.17, 15) is 9.59 Å². The van der Waals surface area contributed by atoms with Gasteiger partial charge in [-0.15, -0.1) is 0 Å². The number of fused-ring (bicyclic) bond motifs is 2. The summed E-state index contributed by atoms with van der Waals surface area (Å²) in [6.45, 7) is 5.86. The molecular weight excluding hydrogens is 447 g/mol. The molecule has 0 aliphatic carbocycles. The molecule has 4 aromatic rings. The van der Waals surface area contributed by atoms with E-state index in [4.69, 9.17) is 32.4 Å². The first-order chi connectivity index (χ1) is 15.4. The van der Waals surface area contributed by atoms with Crippen LogP contribution < -0.4 is 10.2 Å². The van der Waals surface area contributed by atoms with E-state index in [-0.39, 0.29) is 23.2 Å². The lowest BCUT2D eigenvalue weighted by Gasteiger charge is -2.12. The molecule has 0 spiro atoms. The summed E-state index contributed by atoms with van der Waals surface area (Å²) in [6.07, 6.45) is 2.87. The molecule has 0 amide bonds. The van der Waals surface area contributed by atoms with Gasteiger partial charge in [-0.1, -0.05) is 48.0 Å². The largest absolute Gasteiger partial charge is 0.488 e. The van der Waals surface area contributed by atoms with Gasteiger partial charge in [0.1, 0.15) is 23.5 Å². The minimum absolute atomic E-state index is 0.144. The van der Waals surface area contributed by atoms with Gasteiger partial charge < -0.3 is 9.15 Å². The molecule has 1 heterocycles. The normalized spacial score (nSPS) is 11.3. The molecule has 0 atom stereocenters. The predicted molar refractivity (Wildman–Crippen MR) is 130 cm³/mol. The molecule has 0 unspecified atom stereocenters. The van der Waals surface area contributed by atoms with E-state index in [0.29, 0.717) is 37.7 Å². The first kappa shape index (κ1) is 21.9. The van der Waals surface area contributed by atoms with E-state index < -0.39 is 5.78 Å². The van der Waals surface area contributed by atoms with Crippen LogP contribution in [0.4, 0.5) is 0 Å². The first-order valence-electron chi connectivity index (χ1n) is 9.79. The zero-order chi connectivity index (χ0) is 22.8. The van der Waals surface area contributed by atoms with E-state index >= 15 is 0 Å². The molecule has 0 aliphatic heterocycles. The average Bonchev–Trinajstić information content (AvgIpc) is 2.77. The highest BCUT2D eigenvalue weighted by atomic mass is 35.5. The number of para-hydroxylation sites is 1. The summed E-state index contributed by atoms with van der Waals surface area (Å²) in [5, 5.41) is 1.55. The predicted octanol–water partition coefficient (Wildman–Crippen LogP) is 7.10. The third kappa shape index (κ3) is 4.20. The van der Waals surface area contributed by atoms with Gasteiger partial charge in [0, 0.05) is 15.6 Å². The molecule has 160 valence electrons. The third-order valence-corrected chi connectivity index (χ3v) is 5.49. The van der Waals surface area contributed by atoms with Crippen molar-refractivity contribution in [3.63, 3.8) is 0 Å². The lowest BCUT2D eigenvalue weighted by atomic mass is 10.0. The molecule has 1 aromatic heterocycles. The van der Waals surface area contributed by atoms with Crippen LogP contribution in [-0.2, 0) is 0 Å². The van der Waals surface area contributed by atoms with Crippen LogP contribution in [0.25, 0.3) is 28.0 Å². The van der Waals surface area contributed by atoms with Gasteiger partial charge in [-0.05, 0) is 61.0 Å². The van der Waals surface area contributed by atoms with E-state index in [1.54, 1.807) is 54.6 Å². The number of rotatable bonds is 6. The third-order valence-electron chi connectivity index (χ3n) is 4.83. The molecule has 4 nitrogen and oxygen atoms in total. The number of halogens is 2. The number of hydrogen-bond acceptors (Lipinski definition) is 4. The number of benzene rings is 3. The Hall–Kier alpha value is -3.34. The van der Waals surface area contributed by atoms with Crippen LogP contribution in [0, 0.1) is 0 Å². The molecule has 4 rings (SSSR count). The van der Waals surface area contributed by atoms with Gasteiger partial charge in [0.05, 0.1) is 10.8 Å². The Morgan fingerprint density at radius 2 is 1.75 bits per heavy atom. The molecule has 0 saturated carbocycles. The molecule has 3 aromatic carbocycles. The second-order valence-corrected chi connectivity index (χ2v) is 8.14. The zero-order valence-corrected chi connectivity index (χ0v) is 18.7. The first-order valence-corrected chi connectivity index (χ1v) is 10.5. The molecule has 0 bridgehead atoms. The Kier molecular flexibility index (Phi) is 6.17. The van der Waals surface area contributed by atoms with Crippen LogP contribution in [0.15, 0.2) is 82.0 Å². The lowest BCUT2D eigenvalue weighted by Crippen LogP contribution is -2.09. The Balaban J connectivity index is 1.92. The number of hydrogen-bond donors (Lipinski definition) is 0. The minimum Gasteiger partial charge on any atom is -0.488 e. The Morgan fingerprint density at radius 1 is 1.03 bits per heavy atom. The standard InChI is InChI=1S/C26H18Cl2O4/c1-15(2)14-31-23-13-11-18-25(30)17-6-3-4-9-22(17)32-26(18)24(23)21(29)12-10-16-19(27)7-5-8-20(16)28/h3-13H,1,14H2,2H3. The molecule has 0 saturated heterocycles. The van der Waals surface area contributed by atoms with Crippen LogP contribution in [0.1, 0.15) is 22.8 Å². The maximum atomic E-state index is 13.3. The summed E-state index contributed by atoms with van der Waals surface area (Å²) in [7, 11) is 0. The SMILES string of the molecule is C=C(C)COc1ccc2c(=O)c3ccccc3oc2c1C(=O)C=Cc1c(Cl)cccc1Cl. The van der Waals surface area contributed by atoms with Crippen molar-refractivity contribution in [2.75, 3.05) is 6.61 Å². The Labute approximate surface area is 194 Å². The van der Waals surface area contributed by atoms with Crippen molar-refractivity contribution in [2.45, 2.75) is 6.92 Å². The molecule has 0 fully saturated rings. The smallest absolute Gasteiger partial charge is 0.200 e. The van der Waals surface area contributed by atoms with Crippen LogP contribution in [0.2, 0.25) is 10.0 Å². The molecule has 6 heteroatoms. The quantitative estimate of drug-likeness (QED) is 0.132. The summed E-state index contributed by atoms with van der Waals surface area (Å²) < 4.78 is 11.8. The van der Waals surface area contributed by atoms with E-state index in [0.717, 1.165) is 5.57 Å². The fourth-order valence-corrected chi connectivity index (χ4v) is 3.84. The Bertz CT molecular complexity index is 1440. The highest BCUT2D eigenvalue weighted by Gasteiger charge is 2.20. The lowest BCUT2D eigenvalue weighted by molar-refractivity contribution is 0.104. The number of carbonyl (C=O) groups is 1. The van der Waals surface area contributed by atoms with Crippen molar-refractivity contribution in [3.05, 3.63) is 104 Å². The molecular formula is C26H18Cl2O4. The van der Waals surface area contributed by atoms with Crippen molar-refractivity contribution in [3.8, 4) is 5.75 Å². The van der Waals surface area contributed by atoms with Crippen molar-refractivity contribution >= 4 is 57.0 Å². The van der Waals surface area contributed by atoms with Crippen LogP contribution in [-0.4, -0.2) is 12.4 Å². The number of ketones is 1. The van der Waals surface area contributed by atoms with Crippen molar-refractivity contribution < 1.29 is 13.9 Å². The fourth-order valence-electron chi connectivity index (χ4n) is 3.31. The van der Waals surface area contributed by atoms with Gasteiger partial charge in [0.2, 0.25) is 5.43 Å². The van der Waals surface area contributed by atoms with Crippen molar-refractivity contribution in [1.29, 1.82) is 0 Å². The highest BCUT2D eigenvalue weighted by molar-refractivity contribution is 6.37. The maximum absolute atomic E-state index is 13.3.